The third kappa shape index (κ3) is 3.68. The summed E-state index contributed by atoms with van der Waals surface area (Å²) in [5.74, 6) is -0.878. The quantitative estimate of drug-likeness (QED) is 0.811. The maximum atomic E-state index is 11.3. The summed E-state index contributed by atoms with van der Waals surface area (Å²) in [5.41, 5.74) is 1.74. The van der Waals surface area contributed by atoms with E-state index in [1.54, 1.807) is 6.20 Å². The van der Waals surface area contributed by atoms with Gasteiger partial charge in [0.25, 0.3) is 0 Å². The van der Waals surface area contributed by atoms with Crippen molar-refractivity contribution < 1.29 is 9.90 Å². The molecule has 0 bridgehead atoms. The van der Waals surface area contributed by atoms with Crippen molar-refractivity contribution in [2.75, 3.05) is 0 Å². The summed E-state index contributed by atoms with van der Waals surface area (Å²) in [6, 6.07) is 8.47. The summed E-state index contributed by atoms with van der Waals surface area (Å²) in [6.45, 7) is 3.45. The van der Waals surface area contributed by atoms with E-state index in [1.807, 2.05) is 41.2 Å². The highest BCUT2D eigenvalue weighted by Crippen LogP contribution is 2.13. The highest BCUT2D eigenvalue weighted by Gasteiger charge is 2.18. The Morgan fingerprint density at radius 2 is 2.15 bits per heavy atom. The summed E-state index contributed by atoms with van der Waals surface area (Å²) in [6.07, 6.45) is 4.74. The molecule has 0 spiro atoms. The van der Waals surface area contributed by atoms with Gasteiger partial charge in [-0.15, -0.1) is 0 Å². The predicted octanol–water partition coefficient (Wildman–Crippen LogP) is 2.21. The first-order chi connectivity index (χ1) is 9.70. The van der Waals surface area contributed by atoms with Crippen molar-refractivity contribution in [3.63, 3.8) is 0 Å². The van der Waals surface area contributed by atoms with Crippen LogP contribution in [0.4, 0.5) is 0 Å². The van der Waals surface area contributed by atoms with Crippen LogP contribution in [0.3, 0.4) is 0 Å². The normalized spacial score (nSPS) is 12.2. The molecule has 1 aromatic heterocycles. The van der Waals surface area contributed by atoms with Gasteiger partial charge in [0.05, 0.1) is 6.20 Å². The molecule has 0 amide bonds. The van der Waals surface area contributed by atoms with Gasteiger partial charge in [0.1, 0.15) is 6.04 Å². The molecule has 0 fully saturated rings. The van der Waals surface area contributed by atoms with Gasteiger partial charge in [-0.25, -0.2) is 0 Å². The Labute approximate surface area is 118 Å². The number of benzene rings is 1. The van der Waals surface area contributed by atoms with Gasteiger partial charge in [-0.05, 0) is 12.0 Å². The number of aromatic nitrogens is 2. The van der Waals surface area contributed by atoms with Gasteiger partial charge in [0.2, 0.25) is 0 Å². The highest BCUT2D eigenvalue weighted by molar-refractivity contribution is 5.75. The molecule has 1 atom stereocenters. The number of aliphatic carboxylic acids is 1. The zero-order valence-electron chi connectivity index (χ0n) is 11.5. The molecule has 0 saturated heterocycles. The molecule has 106 valence electrons. The number of carboxylic acid groups (broad SMARTS) is 1. The lowest BCUT2D eigenvalue weighted by Gasteiger charge is -2.14. The van der Waals surface area contributed by atoms with Crippen molar-refractivity contribution in [2.24, 2.45) is 0 Å². The van der Waals surface area contributed by atoms with Crippen LogP contribution in [0.15, 0.2) is 42.7 Å². The lowest BCUT2D eigenvalue weighted by Crippen LogP contribution is -2.27. The van der Waals surface area contributed by atoms with E-state index in [0.29, 0.717) is 6.54 Å². The molecule has 2 N–H and O–H groups in total. The van der Waals surface area contributed by atoms with Crippen molar-refractivity contribution in [1.29, 1.82) is 0 Å². The van der Waals surface area contributed by atoms with Gasteiger partial charge < -0.3 is 5.11 Å². The number of carboxylic acids is 1. The van der Waals surface area contributed by atoms with Crippen molar-refractivity contribution in [1.82, 2.24) is 15.1 Å². The topological polar surface area (TPSA) is 67.2 Å². The summed E-state index contributed by atoms with van der Waals surface area (Å²) in [7, 11) is 0. The van der Waals surface area contributed by atoms with E-state index in [2.05, 4.69) is 17.3 Å². The largest absolute Gasteiger partial charge is 0.480 e. The summed E-state index contributed by atoms with van der Waals surface area (Å²) >= 11 is 0. The van der Waals surface area contributed by atoms with E-state index in [1.165, 1.54) is 0 Å². The number of nitrogens with zero attached hydrogens (tertiary/aromatic N) is 2. The Kier molecular flexibility index (Phi) is 4.90. The second kappa shape index (κ2) is 6.86. The highest BCUT2D eigenvalue weighted by atomic mass is 16.4. The number of hydrogen-bond acceptors (Lipinski definition) is 3. The molecule has 5 heteroatoms. The minimum atomic E-state index is -0.878. The third-order valence-corrected chi connectivity index (χ3v) is 3.03. The molecule has 0 aliphatic heterocycles. The minimum absolute atomic E-state index is 0.482. The molecule has 0 aliphatic rings. The predicted molar refractivity (Wildman–Crippen MR) is 76.2 cm³/mol. The first-order valence-electron chi connectivity index (χ1n) is 6.73. The van der Waals surface area contributed by atoms with Crippen LogP contribution in [-0.4, -0.2) is 20.9 Å². The molecule has 1 heterocycles. The van der Waals surface area contributed by atoms with Crippen LogP contribution in [0.25, 0.3) is 0 Å². The van der Waals surface area contributed by atoms with E-state index >= 15 is 0 Å². The fourth-order valence-electron chi connectivity index (χ4n) is 2.06. The molecule has 0 aliphatic carbocycles. The van der Waals surface area contributed by atoms with Crippen LogP contribution < -0.4 is 5.32 Å². The van der Waals surface area contributed by atoms with Gasteiger partial charge in [-0.3, -0.25) is 14.8 Å². The van der Waals surface area contributed by atoms with Gasteiger partial charge in [-0.1, -0.05) is 37.3 Å². The van der Waals surface area contributed by atoms with Crippen molar-refractivity contribution in [3.05, 3.63) is 53.9 Å². The molecule has 0 radical (unpaired) electrons. The standard InChI is InChI=1S/C15H19N3O2/c1-2-8-18-11-12(10-17-18)9-16-14(15(19)20)13-6-4-3-5-7-13/h3-7,10-11,14,16H,2,8-9H2,1H3,(H,19,20)/t14-/m0/s1. The van der Waals surface area contributed by atoms with Crippen molar-refractivity contribution >= 4 is 5.97 Å². The van der Waals surface area contributed by atoms with Crippen LogP contribution in [-0.2, 0) is 17.9 Å². The summed E-state index contributed by atoms with van der Waals surface area (Å²) < 4.78 is 1.87. The fourth-order valence-corrected chi connectivity index (χ4v) is 2.06. The zero-order chi connectivity index (χ0) is 14.4. The zero-order valence-corrected chi connectivity index (χ0v) is 11.5. The summed E-state index contributed by atoms with van der Waals surface area (Å²) in [5, 5.41) is 16.6. The number of hydrogen-bond donors (Lipinski definition) is 2. The van der Waals surface area contributed by atoms with Crippen LogP contribution in [0.2, 0.25) is 0 Å². The maximum Gasteiger partial charge on any atom is 0.325 e. The van der Waals surface area contributed by atoms with Gasteiger partial charge in [0, 0.05) is 24.8 Å². The van der Waals surface area contributed by atoms with E-state index in [4.69, 9.17) is 0 Å². The Morgan fingerprint density at radius 3 is 2.80 bits per heavy atom. The SMILES string of the molecule is CCCn1cc(CN[C@H](C(=O)O)c2ccccc2)cn1. The molecule has 2 aromatic rings. The molecule has 0 unspecified atom stereocenters. The number of aryl methyl sites for hydroxylation is 1. The van der Waals surface area contributed by atoms with Crippen LogP contribution in [0.1, 0.15) is 30.5 Å². The van der Waals surface area contributed by atoms with Crippen molar-refractivity contribution in [3.8, 4) is 0 Å². The van der Waals surface area contributed by atoms with E-state index in [-0.39, 0.29) is 0 Å². The van der Waals surface area contributed by atoms with Gasteiger partial charge >= 0.3 is 5.97 Å². The fraction of sp³-hybridized carbons (Fsp3) is 0.333. The van der Waals surface area contributed by atoms with Crippen LogP contribution in [0.5, 0.6) is 0 Å². The molecular weight excluding hydrogens is 254 g/mol. The van der Waals surface area contributed by atoms with Gasteiger partial charge in [-0.2, -0.15) is 5.10 Å². The second-order valence-corrected chi connectivity index (χ2v) is 4.67. The molecular formula is C15H19N3O2. The lowest BCUT2D eigenvalue weighted by atomic mass is 10.1. The smallest absolute Gasteiger partial charge is 0.325 e. The number of carbonyl (C=O) groups is 1. The third-order valence-electron chi connectivity index (χ3n) is 3.03. The second-order valence-electron chi connectivity index (χ2n) is 4.67. The molecule has 1 aromatic carbocycles. The Morgan fingerprint density at radius 1 is 1.40 bits per heavy atom. The Bertz CT molecular complexity index is 551. The monoisotopic (exact) mass is 273 g/mol. The molecule has 2 rings (SSSR count). The van der Waals surface area contributed by atoms with E-state index in [9.17, 15) is 9.90 Å². The average molecular weight is 273 g/mol. The Balaban J connectivity index is 2.00. The summed E-state index contributed by atoms with van der Waals surface area (Å²) in [4.78, 5) is 11.3. The minimum Gasteiger partial charge on any atom is -0.480 e. The first-order valence-corrected chi connectivity index (χ1v) is 6.73. The molecule has 0 saturated carbocycles. The number of nitrogens with one attached hydrogen (secondary N) is 1. The number of rotatable bonds is 7. The lowest BCUT2D eigenvalue weighted by molar-refractivity contribution is -0.139. The van der Waals surface area contributed by atoms with E-state index < -0.39 is 12.0 Å². The van der Waals surface area contributed by atoms with E-state index in [0.717, 1.165) is 24.1 Å². The van der Waals surface area contributed by atoms with Crippen LogP contribution in [0, 0.1) is 0 Å². The average Bonchev–Trinajstić information content (AvgIpc) is 2.88. The first kappa shape index (κ1) is 14.3. The Hall–Kier alpha value is -2.14. The maximum absolute atomic E-state index is 11.3. The molecule has 20 heavy (non-hydrogen) atoms. The van der Waals surface area contributed by atoms with Crippen molar-refractivity contribution in [2.45, 2.75) is 32.5 Å². The van der Waals surface area contributed by atoms with Gasteiger partial charge in [0.15, 0.2) is 0 Å². The molecule has 5 nitrogen and oxygen atoms in total. The van der Waals surface area contributed by atoms with Crippen LogP contribution >= 0.6 is 0 Å².